The van der Waals surface area contributed by atoms with E-state index in [2.05, 4.69) is 5.32 Å². The molecule has 0 spiro atoms. The summed E-state index contributed by atoms with van der Waals surface area (Å²) in [5.41, 5.74) is 1.93. The monoisotopic (exact) mass is 501 g/mol. The van der Waals surface area contributed by atoms with Gasteiger partial charge >= 0.3 is 12.1 Å². The van der Waals surface area contributed by atoms with Gasteiger partial charge < -0.3 is 28.7 Å². The zero-order valence-electron chi connectivity index (χ0n) is 19.7. The van der Waals surface area contributed by atoms with Crippen molar-refractivity contribution in [1.29, 1.82) is 0 Å². The molecule has 1 amide bonds. The van der Waals surface area contributed by atoms with E-state index < -0.39 is 12.1 Å². The minimum absolute atomic E-state index is 0.0496. The number of ether oxygens (including phenoxy) is 4. The maximum absolute atomic E-state index is 13.1. The first-order valence-electron chi connectivity index (χ1n) is 11.7. The number of amides is 1. The number of benzene rings is 3. The molecule has 188 valence electrons. The highest BCUT2D eigenvalue weighted by Crippen LogP contribution is 2.34. The Morgan fingerprint density at radius 3 is 2.57 bits per heavy atom. The molecular weight excluding hydrogens is 478 g/mol. The van der Waals surface area contributed by atoms with Crippen LogP contribution in [0, 0.1) is 0 Å². The molecule has 0 fully saturated rings. The summed E-state index contributed by atoms with van der Waals surface area (Å²) in [6.07, 6.45) is 0.677. The Kier molecular flexibility index (Phi) is 7.02. The van der Waals surface area contributed by atoms with Crippen molar-refractivity contribution < 1.29 is 33.0 Å². The lowest BCUT2D eigenvalue weighted by atomic mass is 10.0. The van der Waals surface area contributed by atoms with E-state index in [-0.39, 0.29) is 36.3 Å². The average molecular weight is 501 g/mol. The fourth-order valence-corrected chi connectivity index (χ4v) is 3.81. The minimum Gasteiger partial charge on any atom is -0.486 e. The van der Waals surface area contributed by atoms with Crippen molar-refractivity contribution in [3.05, 3.63) is 88.8 Å². The summed E-state index contributed by atoms with van der Waals surface area (Å²) < 4.78 is 27.2. The van der Waals surface area contributed by atoms with Crippen LogP contribution in [-0.4, -0.2) is 31.8 Å². The molecular formula is C28H23NO8. The van der Waals surface area contributed by atoms with E-state index >= 15 is 0 Å². The van der Waals surface area contributed by atoms with Gasteiger partial charge in [-0.3, -0.25) is 9.59 Å². The number of carbonyl (C=O) groups is 2. The van der Waals surface area contributed by atoms with Gasteiger partial charge in [-0.15, -0.1) is 0 Å². The summed E-state index contributed by atoms with van der Waals surface area (Å²) in [6.45, 7) is 1.11. The summed E-state index contributed by atoms with van der Waals surface area (Å²) in [5, 5.41) is 2.85. The highest BCUT2D eigenvalue weighted by atomic mass is 16.6. The molecule has 1 aliphatic rings. The molecule has 1 aromatic heterocycles. The summed E-state index contributed by atoms with van der Waals surface area (Å²) in [6, 6.07) is 19.1. The first-order chi connectivity index (χ1) is 18.1. The molecule has 0 saturated carbocycles. The van der Waals surface area contributed by atoms with E-state index in [4.69, 9.17) is 23.4 Å². The van der Waals surface area contributed by atoms with Crippen LogP contribution in [0.2, 0.25) is 0 Å². The summed E-state index contributed by atoms with van der Waals surface area (Å²) in [4.78, 5) is 37.1. The summed E-state index contributed by atoms with van der Waals surface area (Å²) in [5.74, 6) is 0.868. The molecule has 9 heteroatoms. The molecule has 0 atom stereocenters. The Balaban J connectivity index is 1.18. The van der Waals surface area contributed by atoms with Crippen LogP contribution in [0.15, 0.2) is 82.2 Å². The fraction of sp³-hybridized carbons (Fsp3) is 0.179. The van der Waals surface area contributed by atoms with Crippen molar-refractivity contribution in [2.75, 3.05) is 19.8 Å². The number of alkyl carbamates (subject to hydrolysis) is 1. The zero-order chi connectivity index (χ0) is 25.6. The third-order valence-electron chi connectivity index (χ3n) is 5.64. The van der Waals surface area contributed by atoms with Gasteiger partial charge in [0.05, 0.1) is 17.4 Å². The number of carbonyl (C=O) groups excluding carboxylic acids is 2. The molecule has 2 heterocycles. The first kappa shape index (κ1) is 23.9. The predicted octanol–water partition coefficient (Wildman–Crippen LogP) is 4.45. The Morgan fingerprint density at radius 1 is 0.919 bits per heavy atom. The second kappa shape index (κ2) is 10.9. The highest BCUT2D eigenvalue weighted by Gasteiger charge is 2.16. The standard InChI is InChI=1S/C28H23NO8/c30-26(10-11-29-28(32)36-16-18-4-2-1-3-5-18)37-20-7-8-21-24(15-20)35-17-22(27(21)31)19-6-9-23-25(14-19)34-13-12-33-23/h1-9,14-15,17H,10-13,16H2,(H,29,32). The van der Waals surface area contributed by atoms with E-state index in [1.165, 1.54) is 18.4 Å². The molecule has 1 aliphatic heterocycles. The normalized spacial score (nSPS) is 12.1. The van der Waals surface area contributed by atoms with Gasteiger partial charge in [-0.1, -0.05) is 36.4 Å². The van der Waals surface area contributed by atoms with E-state index in [1.807, 2.05) is 30.3 Å². The second-order valence-corrected chi connectivity index (χ2v) is 8.21. The summed E-state index contributed by atoms with van der Waals surface area (Å²) >= 11 is 0. The SMILES string of the molecule is O=C(CCNC(=O)OCc1ccccc1)Oc1ccc2c(=O)c(-c3ccc4c(c3)OCCO4)coc2c1. The molecule has 0 unspecified atom stereocenters. The van der Waals surface area contributed by atoms with Gasteiger partial charge in [0.1, 0.15) is 37.4 Å². The van der Waals surface area contributed by atoms with Gasteiger partial charge in [0, 0.05) is 12.6 Å². The van der Waals surface area contributed by atoms with Gasteiger partial charge in [0.15, 0.2) is 16.9 Å². The number of hydrogen-bond acceptors (Lipinski definition) is 8. The van der Waals surface area contributed by atoms with Gasteiger partial charge in [-0.05, 0) is 35.4 Å². The third-order valence-corrected chi connectivity index (χ3v) is 5.64. The van der Waals surface area contributed by atoms with Crippen LogP contribution in [0.25, 0.3) is 22.1 Å². The lowest BCUT2D eigenvalue weighted by Crippen LogP contribution is -2.27. The van der Waals surface area contributed by atoms with Crippen molar-refractivity contribution in [3.63, 3.8) is 0 Å². The quantitative estimate of drug-likeness (QED) is 0.292. The van der Waals surface area contributed by atoms with Crippen molar-refractivity contribution in [2.45, 2.75) is 13.0 Å². The van der Waals surface area contributed by atoms with Crippen molar-refractivity contribution in [2.24, 2.45) is 0 Å². The topological polar surface area (TPSA) is 113 Å². The van der Waals surface area contributed by atoms with Crippen LogP contribution in [0.1, 0.15) is 12.0 Å². The molecule has 0 radical (unpaired) electrons. The molecule has 5 rings (SSSR count). The van der Waals surface area contributed by atoms with Gasteiger partial charge in [0.2, 0.25) is 0 Å². The van der Waals surface area contributed by atoms with E-state index in [1.54, 1.807) is 24.3 Å². The second-order valence-electron chi connectivity index (χ2n) is 8.21. The van der Waals surface area contributed by atoms with Crippen LogP contribution in [0.4, 0.5) is 4.79 Å². The van der Waals surface area contributed by atoms with E-state index in [0.717, 1.165) is 5.56 Å². The van der Waals surface area contributed by atoms with E-state index in [9.17, 15) is 14.4 Å². The smallest absolute Gasteiger partial charge is 0.407 e. The molecule has 0 saturated heterocycles. The van der Waals surface area contributed by atoms with Crippen molar-refractivity contribution >= 4 is 23.0 Å². The Morgan fingerprint density at radius 2 is 1.73 bits per heavy atom. The molecule has 0 aliphatic carbocycles. The minimum atomic E-state index is -0.627. The van der Waals surface area contributed by atoms with Gasteiger partial charge in [-0.2, -0.15) is 0 Å². The lowest BCUT2D eigenvalue weighted by Gasteiger charge is -2.18. The third kappa shape index (κ3) is 5.72. The van der Waals surface area contributed by atoms with Crippen LogP contribution >= 0.6 is 0 Å². The first-order valence-corrected chi connectivity index (χ1v) is 11.7. The number of rotatable bonds is 7. The molecule has 1 N–H and O–H groups in total. The molecule has 37 heavy (non-hydrogen) atoms. The van der Waals surface area contributed by atoms with Crippen LogP contribution in [-0.2, 0) is 16.1 Å². The van der Waals surface area contributed by atoms with E-state index in [0.29, 0.717) is 41.2 Å². The zero-order valence-corrected chi connectivity index (χ0v) is 19.7. The molecule has 4 aromatic rings. The maximum atomic E-state index is 13.1. The number of fused-ring (bicyclic) bond motifs is 2. The number of hydrogen-bond donors (Lipinski definition) is 1. The van der Waals surface area contributed by atoms with Crippen molar-refractivity contribution in [1.82, 2.24) is 5.32 Å². The molecule has 0 bridgehead atoms. The maximum Gasteiger partial charge on any atom is 0.407 e. The highest BCUT2D eigenvalue weighted by molar-refractivity contribution is 5.84. The Bertz CT molecular complexity index is 1500. The largest absolute Gasteiger partial charge is 0.486 e. The van der Waals surface area contributed by atoms with Crippen molar-refractivity contribution in [3.8, 4) is 28.4 Å². The molecule has 3 aromatic carbocycles. The van der Waals surface area contributed by atoms with Gasteiger partial charge in [-0.25, -0.2) is 4.79 Å². The van der Waals surface area contributed by atoms with Gasteiger partial charge in [0.25, 0.3) is 0 Å². The Hall–Kier alpha value is -4.79. The van der Waals surface area contributed by atoms with Crippen LogP contribution < -0.4 is 25.0 Å². The summed E-state index contributed by atoms with van der Waals surface area (Å²) in [7, 11) is 0. The van der Waals surface area contributed by atoms with Crippen LogP contribution in [0.5, 0.6) is 17.2 Å². The Labute approximate surface area is 211 Å². The number of nitrogens with one attached hydrogen (secondary N) is 1. The fourth-order valence-electron chi connectivity index (χ4n) is 3.81. The average Bonchev–Trinajstić information content (AvgIpc) is 2.92. The van der Waals surface area contributed by atoms with Crippen LogP contribution in [0.3, 0.4) is 0 Å². The predicted molar refractivity (Wildman–Crippen MR) is 134 cm³/mol. The molecule has 9 nitrogen and oxygen atoms in total. The number of esters is 1. The lowest BCUT2D eigenvalue weighted by molar-refractivity contribution is -0.134.